The van der Waals surface area contributed by atoms with E-state index in [-0.39, 0.29) is 30.0 Å². The lowest BCUT2D eigenvalue weighted by Crippen LogP contribution is -2.21. The molecule has 2 aromatic carbocycles. The van der Waals surface area contributed by atoms with Gasteiger partial charge in [0.1, 0.15) is 13.7 Å². The van der Waals surface area contributed by atoms with E-state index < -0.39 is 17.5 Å². The standard InChI is InChI=1S/C19H15F3N2O3/c1-26-24-18-15-8-3-2-5-13(15)11-27-23-16(10-17(18)25)12-6-4-7-14(9-12)19(20,21)22/h2-9H,10-11H2,1H3/b23-16+,24-18-. The summed E-state index contributed by atoms with van der Waals surface area (Å²) in [6.07, 6.45) is -4.78. The van der Waals surface area contributed by atoms with E-state index in [9.17, 15) is 18.0 Å². The third-order valence-corrected chi connectivity index (χ3v) is 3.97. The minimum absolute atomic E-state index is 0.0364. The molecule has 0 bridgehead atoms. The Balaban J connectivity index is 2.02. The van der Waals surface area contributed by atoms with Crippen LogP contribution in [0.15, 0.2) is 58.8 Å². The van der Waals surface area contributed by atoms with Crippen molar-refractivity contribution in [1.29, 1.82) is 0 Å². The molecule has 0 radical (unpaired) electrons. The highest BCUT2D eigenvalue weighted by Gasteiger charge is 2.31. The molecule has 0 amide bonds. The first-order valence-electron chi connectivity index (χ1n) is 7.99. The van der Waals surface area contributed by atoms with Crippen LogP contribution in [0.1, 0.15) is 28.7 Å². The van der Waals surface area contributed by atoms with Crippen molar-refractivity contribution in [3.8, 4) is 0 Å². The van der Waals surface area contributed by atoms with Gasteiger partial charge in [0.15, 0.2) is 11.5 Å². The summed E-state index contributed by atoms with van der Waals surface area (Å²) in [5, 5.41) is 7.72. The van der Waals surface area contributed by atoms with Crippen molar-refractivity contribution in [2.45, 2.75) is 19.2 Å². The fourth-order valence-electron chi connectivity index (χ4n) is 2.70. The van der Waals surface area contributed by atoms with Gasteiger partial charge in [-0.25, -0.2) is 0 Å². The molecule has 8 heteroatoms. The number of fused-ring (bicyclic) bond motifs is 1. The van der Waals surface area contributed by atoms with Crippen LogP contribution >= 0.6 is 0 Å². The second-order valence-corrected chi connectivity index (χ2v) is 5.77. The number of ketones is 1. The number of hydrogen-bond donors (Lipinski definition) is 0. The van der Waals surface area contributed by atoms with Gasteiger partial charge in [0.05, 0.1) is 17.7 Å². The molecule has 0 aliphatic carbocycles. The summed E-state index contributed by atoms with van der Waals surface area (Å²) in [5.41, 5.74) is 0.673. The lowest BCUT2D eigenvalue weighted by Gasteiger charge is -2.10. The maximum Gasteiger partial charge on any atom is 0.416 e. The molecule has 1 heterocycles. The van der Waals surface area contributed by atoms with Crippen molar-refractivity contribution in [3.05, 3.63) is 70.8 Å². The minimum Gasteiger partial charge on any atom is -0.399 e. The van der Waals surface area contributed by atoms with E-state index in [2.05, 4.69) is 10.3 Å². The molecule has 0 saturated carbocycles. The van der Waals surface area contributed by atoms with Crippen LogP contribution < -0.4 is 0 Å². The van der Waals surface area contributed by atoms with Gasteiger partial charge in [-0.1, -0.05) is 46.7 Å². The molecule has 0 spiro atoms. The number of carbonyl (C=O) groups excluding carboxylic acids is 1. The predicted octanol–water partition coefficient (Wildman–Crippen LogP) is 3.95. The number of benzene rings is 2. The molecule has 0 saturated heterocycles. The van der Waals surface area contributed by atoms with Crippen LogP contribution in [0.2, 0.25) is 0 Å². The average molecular weight is 376 g/mol. The number of hydrogen-bond acceptors (Lipinski definition) is 5. The number of carbonyl (C=O) groups is 1. The van der Waals surface area contributed by atoms with Crippen molar-refractivity contribution < 1.29 is 27.6 Å². The Hall–Kier alpha value is -3.16. The van der Waals surface area contributed by atoms with Gasteiger partial charge >= 0.3 is 6.18 Å². The summed E-state index contributed by atoms with van der Waals surface area (Å²) in [6, 6.07) is 11.6. The lowest BCUT2D eigenvalue weighted by molar-refractivity contribution is -0.137. The van der Waals surface area contributed by atoms with Crippen molar-refractivity contribution in [2.75, 3.05) is 7.11 Å². The number of oxime groups is 2. The minimum atomic E-state index is -4.50. The van der Waals surface area contributed by atoms with Crippen LogP contribution in [0.3, 0.4) is 0 Å². The van der Waals surface area contributed by atoms with Gasteiger partial charge < -0.3 is 9.68 Å². The summed E-state index contributed by atoms with van der Waals surface area (Å²) in [6.45, 7) is 0.0364. The van der Waals surface area contributed by atoms with Gasteiger partial charge in [-0.05, 0) is 12.1 Å². The van der Waals surface area contributed by atoms with Crippen LogP contribution in [0.4, 0.5) is 13.2 Å². The first kappa shape index (κ1) is 18.6. The van der Waals surface area contributed by atoms with Gasteiger partial charge in [-0.3, -0.25) is 4.79 Å². The Labute approximate surface area is 153 Å². The highest BCUT2D eigenvalue weighted by atomic mass is 19.4. The van der Waals surface area contributed by atoms with Gasteiger partial charge in [-0.2, -0.15) is 13.2 Å². The second kappa shape index (κ2) is 7.61. The van der Waals surface area contributed by atoms with Gasteiger partial charge in [0.2, 0.25) is 0 Å². The van der Waals surface area contributed by atoms with Gasteiger partial charge in [-0.15, -0.1) is 0 Å². The quantitative estimate of drug-likeness (QED) is 0.746. The average Bonchev–Trinajstić information content (AvgIpc) is 2.71. The molecule has 0 aromatic heterocycles. The van der Waals surface area contributed by atoms with Crippen LogP contribution in [0.5, 0.6) is 0 Å². The second-order valence-electron chi connectivity index (χ2n) is 5.77. The largest absolute Gasteiger partial charge is 0.416 e. The molecule has 2 aromatic rings. The zero-order valence-corrected chi connectivity index (χ0v) is 14.3. The molecule has 1 aliphatic heterocycles. The van der Waals surface area contributed by atoms with E-state index in [1.807, 2.05) is 0 Å². The Morgan fingerprint density at radius 2 is 1.93 bits per heavy atom. The first-order chi connectivity index (χ1) is 12.9. The fraction of sp³-hybridized carbons (Fsp3) is 0.211. The van der Waals surface area contributed by atoms with Crippen LogP contribution in [-0.2, 0) is 27.3 Å². The monoisotopic (exact) mass is 376 g/mol. The van der Waals surface area contributed by atoms with E-state index >= 15 is 0 Å². The molecular formula is C19H15F3N2O3. The first-order valence-corrected chi connectivity index (χ1v) is 7.99. The molecule has 0 fully saturated rings. The van der Waals surface area contributed by atoms with Crippen molar-refractivity contribution in [3.63, 3.8) is 0 Å². The summed E-state index contributed by atoms with van der Waals surface area (Å²) < 4.78 is 39.0. The molecule has 0 N–H and O–H groups in total. The summed E-state index contributed by atoms with van der Waals surface area (Å²) in [4.78, 5) is 22.9. The van der Waals surface area contributed by atoms with Crippen molar-refractivity contribution in [1.82, 2.24) is 0 Å². The third kappa shape index (κ3) is 4.16. The van der Waals surface area contributed by atoms with E-state index in [1.54, 1.807) is 24.3 Å². The third-order valence-electron chi connectivity index (χ3n) is 3.97. The highest BCUT2D eigenvalue weighted by Crippen LogP contribution is 2.30. The maximum absolute atomic E-state index is 13.0. The van der Waals surface area contributed by atoms with Crippen LogP contribution in [0, 0.1) is 0 Å². The van der Waals surface area contributed by atoms with Crippen molar-refractivity contribution >= 4 is 17.2 Å². The molecule has 5 nitrogen and oxygen atoms in total. The van der Waals surface area contributed by atoms with E-state index in [4.69, 9.17) is 9.68 Å². The molecule has 3 rings (SSSR count). The van der Waals surface area contributed by atoms with Crippen molar-refractivity contribution in [2.24, 2.45) is 10.3 Å². The topological polar surface area (TPSA) is 60.2 Å². The summed E-state index contributed by atoms with van der Waals surface area (Å²) >= 11 is 0. The number of Topliss-reactive ketones (excluding diaryl/α,β-unsaturated/α-hetero) is 1. The molecule has 140 valence electrons. The number of rotatable bonds is 2. The number of halogens is 3. The normalized spacial score (nSPS) is 18.4. The maximum atomic E-state index is 13.0. The molecule has 0 atom stereocenters. The number of nitrogens with zero attached hydrogens (tertiary/aromatic N) is 2. The van der Waals surface area contributed by atoms with Crippen LogP contribution in [0.25, 0.3) is 0 Å². The molecule has 27 heavy (non-hydrogen) atoms. The SMILES string of the molecule is CO/N=C1\C(=O)C/C(c2cccc(C(F)(F)F)c2)=N\OCc2ccccc21. The Kier molecular flexibility index (Phi) is 5.25. The lowest BCUT2D eigenvalue weighted by atomic mass is 9.96. The van der Waals surface area contributed by atoms with E-state index in [0.717, 1.165) is 12.1 Å². The summed E-state index contributed by atoms with van der Waals surface area (Å²) in [5.74, 6) is -0.439. The summed E-state index contributed by atoms with van der Waals surface area (Å²) in [7, 11) is 1.31. The molecular weight excluding hydrogens is 361 g/mol. The van der Waals surface area contributed by atoms with Gasteiger partial charge in [0.25, 0.3) is 0 Å². The number of alkyl halides is 3. The zero-order valence-electron chi connectivity index (χ0n) is 14.3. The Bertz CT molecular complexity index is 920. The van der Waals surface area contributed by atoms with E-state index in [1.165, 1.54) is 19.2 Å². The Morgan fingerprint density at radius 1 is 1.15 bits per heavy atom. The van der Waals surface area contributed by atoms with Gasteiger partial charge in [0, 0.05) is 16.7 Å². The predicted molar refractivity (Wildman–Crippen MR) is 92.4 cm³/mol. The highest BCUT2D eigenvalue weighted by molar-refractivity contribution is 6.49. The van der Waals surface area contributed by atoms with E-state index in [0.29, 0.717) is 11.1 Å². The Morgan fingerprint density at radius 3 is 2.67 bits per heavy atom. The fourth-order valence-corrected chi connectivity index (χ4v) is 2.70. The zero-order chi connectivity index (χ0) is 19.4. The van der Waals surface area contributed by atoms with Crippen LogP contribution in [-0.4, -0.2) is 24.3 Å². The molecule has 1 aliphatic rings. The molecule has 0 unspecified atom stereocenters. The smallest absolute Gasteiger partial charge is 0.399 e.